The first kappa shape index (κ1) is 22.8. The van der Waals surface area contributed by atoms with E-state index in [2.05, 4.69) is 15.0 Å². The maximum atomic E-state index is 12.6. The van der Waals surface area contributed by atoms with Crippen molar-refractivity contribution in [3.05, 3.63) is 35.3 Å². The second-order valence-corrected chi connectivity index (χ2v) is 9.02. The number of nitrogens with one attached hydrogen (secondary N) is 2. The van der Waals surface area contributed by atoms with Crippen LogP contribution < -0.4 is 14.8 Å². The number of hydrogen-bond donors (Lipinski definition) is 2. The van der Waals surface area contributed by atoms with E-state index in [4.69, 9.17) is 9.47 Å². The average molecular weight is 442 g/mol. The zero-order chi connectivity index (χ0) is 21.6. The maximum absolute atomic E-state index is 12.6. The standard InChI is InChI=1S/C18H23N3O6S2/c1-11(2)16(21-29(24,25)15-7-5-14(26-4)6-8-15)17(23)27-9-13-10-28-18(20-13)19-12(3)22/h5-8,10-11,16,21H,9H2,1-4H3,(H,19,20,22)/t16-/m0/s1. The van der Waals surface area contributed by atoms with Gasteiger partial charge in [-0.15, -0.1) is 11.3 Å². The minimum Gasteiger partial charge on any atom is -0.497 e. The van der Waals surface area contributed by atoms with Crippen molar-refractivity contribution < 1.29 is 27.5 Å². The molecule has 0 radical (unpaired) electrons. The second kappa shape index (κ2) is 9.81. The fourth-order valence-corrected chi connectivity index (χ4v) is 4.34. The normalized spacial score (nSPS) is 12.4. The summed E-state index contributed by atoms with van der Waals surface area (Å²) in [5.41, 5.74) is 0.451. The van der Waals surface area contributed by atoms with E-state index in [1.165, 1.54) is 49.6 Å². The summed E-state index contributed by atoms with van der Waals surface area (Å²) in [6.07, 6.45) is 0. The minimum atomic E-state index is -3.93. The number of carbonyl (C=O) groups excluding carboxylic acids is 2. The number of ether oxygens (including phenoxy) is 2. The van der Waals surface area contributed by atoms with Crippen LogP contribution in [0.2, 0.25) is 0 Å². The molecule has 0 aliphatic heterocycles. The van der Waals surface area contributed by atoms with Crippen LogP contribution in [-0.2, 0) is 31.0 Å². The van der Waals surface area contributed by atoms with E-state index >= 15 is 0 Å². The van der Waals surface area contributed by atoms with Crippen molar-refractivity contribution in [3.8, 4) is 5.75 Å². The maximum Gasteiger partial charge on any atom is 0.324 e. The molecule has 9 nitrogen and oxygen atoms in total. The molecule has 1 heterocycles. The highest BCUT2D eigenvalue weighted by molar-refractivity contribution is 7.89. The highest BCUT2D eigenvalue weighted by Gasteiger charge is 2.30. The summed E-state index contributed by atoms with van der Waals surface area (Å²) in [4.78, 5) is 27.7. The summed E-state index contributed by atoms with van der Waals surface area (Å²) in [6.45, 7) is 4.64. The zero-order valence-electron chi connectivity index (χ0n) is 16.5. The topological polar surface area (TPSA) is 124 Å². The van der Waals surface area contributed by atoms with Gasteiger partial charge >= 0.3 is 5.97 Å². The van der Waals surface area contributed by atoms with Crippen LogP contribution in [0.1, 0.15) is 26.5 Å². The molecule has 1 atom stereocenters. The van der Waals surface area contributed by atoms with Crippen molar-refractivity contribution in [1.29, 1.82) is 0 Å². The Hall–Kier alpha value is -2.50. The fraction of sp³-hybridized carbons (Fsp3) is 0.389. The number of esters is 1. The van der Waals surface area contributed by atoms with E-state index in [0.29, 0.717) is 16.6 Å². The molecule has 2 aromatic rings. The van der Waals surface area contributed by atoms with Crippen LogP contribution in [0.3, 0.4) is 0 Å². The molecule has 0 fully saturated rings. The number of hydrogen-bond acceptors (Lipinski definition) is 8. The molecule has 11 heteroatoms. The lowest BCUT2D eigenvalue weighted by Crippen LogP contribution is -2.45. The van der Waals surface area contributed by atoms with Gasteiger partial charge in [0.15, 0.2) is 5.13 Å². The van der Waals surface area contributed by atoms with Gasteiger partial charge in [-0.1, -0.05) is 13.8 Å². The molecule has 2 N–H and O–H groups in total. The zero-order valence-corrected chi connectivity index (χ0v) is 18.1. The predicted octanol–water partition coefficient (Wildman–Crippen LogP) is 2.16. The number of sulfonamides is 1. The molecule has 0 aliphatic rings. The Labute approximate surface area is 173 Å². The Kier molecular flexibility index (Phi) is 7.71. The molecule has 1 aromatic heterocycles. The molecule has 2 rings (SSSR count). The van der Waals surface area contributed by atoms with Gasteiger partial charge in [0.25, 0.3) is 0 Å². The van der Waals surface area contributed by atoms with Gasteiger partial charge in [-0.25, -0.2) is 13.4 Å². The van der Waals surface area contributed by atoms with Crippen molar-refractivity contribution in [3.63, 3.8) is 0 Å². The molecule has 158 valence electrons. The third-order valence-electron chi connectivity index (χ3n) is 3.77. The third-order valence-corrected chi connectivity index (χ3v) is 6.03. The third kappa shape index (κ3) is 6.51. The van der Waals surface area contributed by atoms with Crippen molar-refractivity contribution >= 4 is 38.4 Å². The van der Waals surface area contributed by atoms with Crippen molar-refractivity contribution in [2.45, 2.75) is 38.3 Å². The second-order valence-electron chi connectivity index (χ2n) is 6.45. The first-order valence-corrected chi connectivity index (χ1v) is 11.0. The highest BCUT2D eigenvalue weighted by atomic mass is 32.2. The Morgan fingerprint density at radius 3 is 2.41 bits per heavy atom. The Bertz CT molecular complexity index is 954. The summed E-state index contributed by atoms with van der Waals surface area (Å²) in [5, 5.41) is 4.57. The van der Waals surface area contributed by atoms with Crippen LogP contribution >= 0.6 is 11.3 Å². The van der Waals surface area contributed by atoms with E-state index < -0.39 is 22.0 Å². The van der Waals surface area contributed by atoms with Crippen molar-refractivity contribution in [2.75, 3.05) is 12.4 Å². The van der Waals surface area contributed by atoms with Crippen LogP contribution in [0.5, 0.6) is 5.75 Å². The Morgan fingerprint density at radius 1 is 1.21 bits per heavy atom. The fourth-order valence-electron chi connectivity index (χ4n) is 2.26. The Morgan fingerprint density at radius 2 is 1.86 bits per heavy atom. The van der Waals surface area contributed by atoms with E-state index in [1.807, 2.05) is 0 Å². The molecule has 0 unspecified atom stereocenters. The van der Waals surface area contributed by atoms with Crippen LogP contribution in [0.25, 0.3) is 0 Å². The van der Waals surface area contributed by atoms with E-state index in [9.17, 15) is 18.0 Å². The molecule has 0 aliphatic carbocycles. The van der Waals surface area contributed by atoms with Crippen LogP contribution in [-0.4, -0.2) is 38.4 Å². The number of rotatable bonds is 9. The molecule has 0 saturated heterocycles. The number of benzene rings is 1. The number of methoxy groups -OCH3 is 1. The van der Waals surface area contributed by atoms with E-state index in [-0.39, 0.29) is 23.3 Å². The smallest absolute Gasteiger partial charge is 0.324 e. The summed E-state index contributed by atoms with van der Waals surface area (Å²) in [5.74, 6) is -0.798. The molecular formula is C18H23N3O6S2. The number of nitrogens with zero attached hydrogens (tertiary/aromatic N) is 1. The average Bonchev–Trinajstić information content (AvgIpc) is 3.10. The van der Waals surface area contributed by atoms with Gasteiger partial charge in [0.1, 0.15) is 18.4 Å². The first-order chi connectivity index (χ1) is 13.6. The Balaban J connectivity index is 2.04. The van der Waals surface area contributed by atoms with Crippen LogP contribution in [0.15, 0.2) is 34.5 Å². The molecule has 0 bridgehead atoms. The molecule has 0 saturated carbocycles. The largest absolute Gasteiger partial charge is 0.497 e. The van der Waals surface area contributed by atoms with Gasteiger partial charge < -0.3 is 14.8 Å². The van der Waals surface area contributed by atoms with Gasteiger partial charge in [-0.05, 0) is 30.2 Å². The van der Waals surface area contributed by atoms with Crippen LogP contribution in [0.4, 0.5) is 5.13 Å². The van der Waals surface area contributed by atoms with Gasteiger partial charge in [-0.3, -0.25) is 9.59 Å². The molecule has 1 aromatic carbocycles. The highest BCUT2D eigenvalue weighted by Crippen LogP contribution is 2.19. The van der Waals surface area contributed by atoms with Gasteiger partial charge in [0, 0.05) is 12.3 Å². The van der Waals surface area contributed by atoms with Gasteiger partial charge in [0.2, 0.25) is 15.9 Å². The summed E-state index contributed by atoms with van der Waals surface area (Å²) >= 11 is 1.20. The monoisotopic (exact) mass is 441 g/mol. The van der Waals surface area contributed by atoms with E-state index in [0.717, 1.165) is 0 Å². The van der Waals surface area contributed by atoms with E-state index in [1.54, 1.807) is 19.2 Å². The molecule has 1 amide bonds. The minimum absolute atomic E-state index is 0.0104. The molecular weight excluding hydrogens is 418 g/mol. The van der Waals surface area contributed by atoms with Crippen LogP contribution in [0, 0.1) is 5.92 Å². The lowest BCUT2D eigenvalue weighted by molar-refractivity contribution is -0.148. The quantitative estimate of drug-likeness (QED) is 0.572. The lowest BCUT2D eigenvalue weighted by Gasteiger charge is -2.20. The molecule has 0 spiro atoms. The van der Waals surface area contributed by atoms with Crippen molar-refractivity contribution in [2.24, 2.45) is 5.92 Å². The van der Waals surface area contributed by atoms with Gasteiger partial charge in [0.05, 0.1) is 17.7 Å². The summed E-state index contributed by atoms with van der Waals surface area (Å²) in [7, 11) is -2.45. The van der Waals surface area contributed by atoms with Gasteiger partial charge in [-0.2, -0.15) is 4.72 Å². The number of carbonyl (C=O) groups is 2. The number of aromatic nitrogens is 1. The van der Waals surface area contributed by atoms with Crippen molar-refractivity contribution in [1.82, 2.24) is 9.71 Å². The predicted molar refractivity (Wildman–Crippen MR) is 108 cm³/mol. The number of anilines is 1. The molecule has 29 heavy (non-hydrogen) atoms. The lowest BCUT2D eigenvalue weighted by atomic mass is 10.1. The number of amides is 1. The summed E-state index contributed by atoms with van der Waals surface area (Å²) < 4.78 is 37.9. The number of thiazole rings is 1. The first-order valence-electron chi connectivity index (χ1n) is 8.67. The summed E-state index contributed by atoms with van der Waals surface area (Å²) in [6, 6.07) is 4.75. The SMILES string of the molecule is COc1ccc(S(=O)(=O)N[C@H](C(=O)OCc2csc(NC(C)=O)n2)C(C)C)cc1.